The van der Waals surface area contributed by atoms with Crippen molar-refractivity contribution in [2.45, 2.75) is 19.3 Å². The van der Waals surface area contributed by atoms with E-state index in [9.17, 15) is 0 Å². The molecule has 1 fully saturated rings. The molecule has 1 aliphatic carbocycles. The van der Waals surface area contributed by atoms with Crippen LogP contribution >= 0.6 is 0 Å². The molecule has 0 heterocycles. The van der Waals surface area contributed by atoms with Gasteiger partial charge in [0.25, 0.3) is 0 Å². The van der Waals surface area contributed by atoms with E-state index >= 15 is 0 Å². The molecule has 3 nitrogen and oxygen atoms in total. The second-order valence-electron chi connectivity index (χ2n) is 4.33. The van der Waals surface area contributed by atoms with Crippen molar-refractivity contribution in [1.82, 2.24) is 0 Å². The van der Waals surface area contributed by atoms with Crippen LogP contribution in [0.2, 0.25) is 0 Å². The van der Waals surface area contributed by atoms with Crippen LogP contribution in [0.1, 0.15) is 18.4 Å². The first-order valence-corrected chi connectivity index (χ1v) is 6.04. The summed E-state index contributed by atoms with van der Waals surface area (Å²) in [4.78, 5) is 4.43. The number of hydrogen-bond acceptors (Lipinski definition) is 3. The quantitative estimate of drug-likeness (QED) is 0.707. The van der Waals surface area contributed by atoms with Gasteiger partial charge in [-0.1, -0.05) is 6.07 Å². The molecular formula is C14H19NO2. The van der Waals surface area contributed by atoms with Crippen LogP contribution in [-0.4, -0.2) is 27.0 Å². The lowest BCUT2D eigenvalue weighted by atomic mass is 10.1. The van der Waals surface area contributed by atoms with Gasteiger partial charge in [0.2, 0.25) is 0 Å². The Labute approximate surface area is 102 Å². The molecule has 0 aliphatic heterocycles. The van der Waals surface area contributed by atoms with Crippen molar-refractivity contribution in [3.05, 3.63) is 23.8 Å². The minimum absolute atomic E-state index is 0.764. The molecule has 0 radical (unpaired) electrons. The maximum absolute atomic E-state index is 5.27. The van der Waals surface area contributed by atoms with Crippen molar-refractivity contribution in [3.8, 4) is 11.5 Å². The third-order valence-corrected chi connectivity index (χ3v) is 2.92. The first-order valence-electron chi connectivity index (χ1n) is 6.04. The van der Waals surface area contributed by atoms with Gasteiger partial charge < -0.3 is 9.47 Å². The van der Waals surface area contributed by atoms with E-state index in [1.807, 2.05) is 12.1 Å². The first-order chi connectivity index (χ1) is 8.33. The molecular weight excluding hydrogens is 214 g/mol. The number of benzene rings is 1. The van der Waals surface area contributed by atoms with Crippen LogP contribution in [0.3, 0.4) is 0 Å². The highest BCUT2D eigenvalue weighted by Gasteiger charge is 2.17. The Hall–Kier alpha value is -1.51. The van der Waals surface area contributed by atoms with Gasteiger partial charge in [-0.15, -0.1) is 0 Å². The summed E-state index contributed by atoms with van der Waals surface area (Å²) in [6.45, 7) is 0.853. The summed E-state index contributed by atoms with van der Waals surface area (Å²) in [5.74, 6) is 2.33. The summed E-state index contributed by atoms with van der Waals surface area (Å²) >= 11 is 0. The predicted octanol–water partition coefficient (Wildman–Crippen LogP) is 2.73. The molecule has 92 valence electrons. The van der Waals surface area contributed by atoms with Gasteiger partial charge in [0.05, 0.1) is 14.2 Å². The molecule has 0 bridgehead atoms. The zero-order valence-corrected chi connectivity index (χ0v) is 10.5. The number of ether oxygens (including phenoxy) is 2. The topological polar surface area (TPSA) is 30.8 Å². The summed E-state index contributed by atoms with van der Waals surface area (Å²) in [5, 5.41) is 0. The molecule has 0 spiro atoms. The van der Waals surface area contributed by atoms with Crippen LogP contribution in [0.5, 0.6) is 11.5 Å². The summed E-state index contributed by atoms with van der Waals surface area (Å²) < 4.78 is 10.5. The summed E-state index contributed by atoms with van der Waals surface area (Å²) in [6.07, 6.45) is 5.68. The van der Waals surface area contributed by atoms with E-state index in [4.69, 9.17) is 9.47 Å². The molecule has 17 heavy (non-hydrogen) atoms. The van der Waals surface area contributed by atoms with Crippen molar-refractivity contribution in [1.29, 1.82) is 0 Å². The van der Waals surface area contributed by atoms with Crippen molar-refractivity contribution in [2.24, 2.45) is 10.9 Å². The van der Waals surface area contributed by atoms with Crippen LogP contribution in [0.4, 0.5) is 0 Å². The third-order valence-electron chi connectivity index (χ3n) is 2.92. The van der Waals surface area contributed by atoms with Gasteiger partial charge in [0, 0.05) is 12.8 Å². The highest BCUT2D eigenvalue weighted by Crippen LogP contribution is 2.28. The van der Waals surface area contributed by atoms with E-state index in [1.165, 1.54) is 18.4 Å². The normalized spacial score (nSPS) is 15.2. The van der Waals surface area contributed by atoms with Crippen LogP contribution in [0.25, 0.3) is 0 Å². The van der Waals surface area contributed by atoms with Gasteiger partial charge in [-0.25, -0.2) is 0 Å². The Morgan fingerprint density at radius 3 is 2.65 bits per heavy atom. The SMILES string of the molecule is COc1ccc(CCN=CC2CC2)cc1OC. The van der Waals surface area contributed by atoms with E-state index in [0.717, 1.165) is 30.4 Å². The van der Waals surface area contributed by atoms with Crippen molar-refractivity contribution >= 4 is 6.21 Å². The van der Waals surface area contributed by atoms with Crippen LogP contribution in [0.15, 0.2) is 23.2 Å². The molecule has 0 N–H and O–H groups in total. The summed E-state index contributed by atoms with van der Waals surface area (Å²) in [7, 11) is 3.31. The van der Waals surface area contributed by atoms with E-state index in [0.29, 0.717) is 0 Å². The minimum Gasteiger partial charge on any atom is -0.493 e. The molecule has 0 atom stereocenters. The van der Waals surface area contributed by atoms with Gasteiger partial charge in [0.1, 0.15) is 0 Å². The Bertz CT molecular complexity index is 397. The maximum Gasteiger partial charge on any atom is 0.160 e. The molecule has 0 aromatic heterocycles. The number of rotatable bonds is 6. The molecule has 1 aliphatic rings. The van der Waals surface area contributed by atoms with E-state index in [2.05, 4.69) is 17.3 Å². The Balaban J connectivity index is 1.90. The summed E-state index contributed by atoms with van der Waals surface area (Å²) in [5.41, 5.74) is 1.23. The van der Waals surface area contributed by atoms with Crippen LogP contribution in [0, 0.1) is 5.92 Å². The van der Waals surface area contributed by atoms with Crippen molar-refractivity contribution in [3.63, 3.8) is 0 Å². The standard InChI is InChI=1S/C14H19NO2/c1-16-13-6-5-11(9-14(13)17-2)7-8-15-10-12-3-4-12/h5-6,9-10,12H,3-4,7-8H2,1-2H3. The fourth-order valence-corrected chi connectivity index (χ4v) is 1.70. The fourth-order valence-electron chi connectivity index (χ4n) is 1.70. The second kappa shape index (κ2) is 5.71. The highest BCUT2D eigenvalue weighted by molar-refractivity contribution is 5.63. The van der Waals surface area contributed by atoms with Crippen molar-refractivity contribution in [2.75, 3.05) is 20.8 Å². The zero-order valence-electron chi connectivity index (χ0n) is 10.5. The average Bonchev–Trinajstić information content (AvgIpc) is 3.18. The smallest absolute Gasteiger partial charge is 0.160 e. The molecule has 3 heteroatoms. The highest BCUT2D eigenvalue weighted by atomic mass is 16.5. The minimum atomic E-state index is 0.764. The Morgan fingerprint density at radius 2 is 2.00 bits per heavy atom. The van der Waals surface area contributed by atoms with Gasteiger partial charge in [-0.05, 0) is 42.9 Å². The lowest BCUT2D eigenvalue weighted by Gasteiger charge is -2.08. The molecule has 2 rings (SSSR count). The molecule has 0 unspecified atom stereocenters. The molecule has 1 saturated carbocycles. The number of hydrogen-bond donors (Lipinski definition) is 0. The summed E-state index contributed by atoms with van der Waals surface area (Å²) in [6, 6.07) is 6.03. The lowest BCUT2D eigenvalue weighted by molar-refractivity contribution is 0.354. The van der Waals surface area contributed by atoms with Gasteiger partial charge in [-0.2, -0.15) is 0 Å². The maximum atomic E-state index is 5.27. The third kappa shape index (κ3) is 3.48. The number of nitrogens with zero attached hydrogens (tertiary/aromatic N) is 1. The molecule has 0 amide bonds. The Kier molecular flexibility index (Phi) is 4.02. The molecule has 1 aromatic rings. The lowest BCUT2D eigenvalue weighted by Crippen LogP contribution is -1.95. The Morgan fingerprint density at radius 1 is 1.24 bits per heavy atom. The van der Waals surface area contributed by atoms with Crippen LogP contribution in [-0.2, 0) is 6.42 Å². The largest absolute Gasteiger partial charge is 0.493 e. The number of methoxy groups -OCH3 is 2. The second-order valence-corrected chi connectivity index (χ2v) is 4.33. The molecule has 0 saturated heterocycles. The fraction of sp³-hybridized carbons (Fsp3) is 0.500. The molecule has 1 aromatic carbocycles. The zero-order chi connectivity index (χ0) is 12.1. The number of aliphatic imine (C=N–C) groups is 1. The average molecular weight is 233 g/mol. The van der Waals surface area contributed by atoms with E-state index < -0.39 is 0 Å². The first kappa shape index (κ1) is 12.0. The van der Waals surface area contributed by atoms with Crippen molar-refractivity contribution < 1.29 is 9.47 Å². The van der Waals surface area contributed by atoms with Gasteiger partial charge in [-0.3, -0.25) is 4.99 Å². The van der Waals surface area contributed by atoms with E-state index in [1.54, 1.807) is 14.2 Å². The monoisotopic (exact) mass is 233 g/mol. The van der Waals surface area contributed by atoms with Gasteiger partial charge >= 0.3 is 0 Å². The van der Waals surface area contributed by atoms with Crippen LogP contribution < -0.4 is 9.47 Å². The van der Waals surface area contributed by atoms with Gasteiger partial charge in [0.15, 0.2) is 11.5 Å². The predicted molar refractivity (Wildman–Crippen MR) is 69.3 cm³/mol. The van der Waals surface area contributed by atoms with E-state index in [-0.39, 0.29) is 0 Å².